The van der Waals surface area contributed by atoms with Gasteiger partial charge in [-0.15, -0.1) is 0 Å². The van der Waals surface area contributed by atoms with E-state index in [9.17, 15) is 9.59 Å². The summed E-state index contributed by atoms with van der Waals surface area (Å²) in [6, 6.07) is 6.99. The molecule has 0 atom stereocenters. The Morgan fingerprint density at radius 3 is 2.66 bits per heavy atom. The number of carbonyl (C=O) groups is 1. The van der Waals surface area contributed by atoms with E-state index in [4.69, 9.17) is 4.98 Å². The van der Waals surface area contributed by atoms with Gasteiger partial charge in [0.1, 0.15) is 0 Å². The second kappa shape index (κ2) is 7.12. The van der Waals surface area contributed by atoms with Crippen LogP contribution in [0.2, 0.25) is 0 Å². The van der Waals surface area contributed by atoms with Crippen LogP contribution in [0.25, 0.3) is 21.9 Å². The first-order valence-corrected chi connectivity index (χ1v) is 9.52. The van der Waals surface area contributed by atoms with Gasteiger partial charge in [0.2, 0.25) is 0 Å². The number of rotatable bonds is 4. The lowest BCUT2D eigenvalue weighted by molar-refractivity contribution is 0.102. The normalized spacial score (nSPS) is 11.7. The highest BCUT2D eigenvalue weighted by atomic mass is 16.1. The summed E-state index contributed by atoms with van der Waals surface area (Å²) < 4.78 is 1.82. The second-order valence-corrected chi connectivity index (χ2v) is 7.59. The Morgan fingerprint density at radius 1 is 1.14 bits per heavy atom. The third-order valence-corrected chi connectivity index (χ3v) is 4.81. The summed E-state index contributed by atoms with van der Waals surface area (Å²) in [5.41, 5.74) is 2.86. The van der Waals surface area contributed by atoms with Gasteiger partial charge in [0, 0.05) is 17.4 Å². The number of pyridine rings is 1. The molecule has 0 aliphatic carbocycles. The lowest BCUT2D eigenvalue weighted by Crippen LogP contribution is -2.15. The zero-order valence-electron chi connectivity index (χ0n) is 16.7. The quantitative estimate of drug-likeness (QED) is 0.554. The van der Waals surface area contributed by atoms with Crippen molar-refractivity contribution in [1.82, 2.24) is 24.7 Å². The lowest BCUT2D eigenvalue weighted by Gasteiger charge is -2.12. The predicted molar refractivity (Wildman–Crippen MR) is 112 cm³/mol. The molecule has 0 unspecified atom stereocenters. The maximum absolute atomic E-state index is 13.1. The van der Waals surface area contributed by atoms with Gasteiger partial charge in [0.25, 0.3) is 11.5 Å². The number of aromatic nitrogens is 5. The second-order valence-electron chi connectivity index (χ2n) is 7.59. The molecule has 0 spiro atoms. The van der Waals surface area contributed by atoms with E-state index in [0.29, 0.717) is 33.2 Å². The Labute approximate surface area is 167 Å². The molecule has 0 aliphatic heterocycles. The fourth-order valence-corrected chi connectivity index (χ4v) is 3.24. The van der Waals surface area contributed by atoms with Gasteiger partial charge in [-0.3, -0.25) is 9.59 Å². The van der Waals surface area contributed by atoms with Crippen molar-refractivity contribution in [3.05, 3.63) is 58.4 Å². The first kappa shape index (κ1) is 18.8. The van der Waals surface area contributed by atoms with Crippen LogP contribution in [0.4, 0.5) is 5.69 Å². The number of H-pyrrole nitrogens is 1. The van der Waals surface area contributed by atoms with E-state index in [2.05, 4.69) is 20.4 Å². The molecule has 29 heavy (non-hydrogen) atoms. The molecule has 3 heterocycles. The Hall–Kier alpha value is -3.55. The van der Waals surface area contributed by atoms with Crippen molar-refractivity contribution in [2.24, 2.45) is 0 Å². The summed E-state index contributed by atoms with van der Waals surface area (Å²) in [5, 5.41) is 8.42. The number of aromatic amines is 1. The maximum Gasteiger partial charge on any atom is 0.258 e. The fourth-order valence-electron chi connectivity index (χ4n) is 3.24. The van der Waals surface area contributed by atoms with Crippen LogP contribution in [0.1, 0.15) is 55.7 Å². The molecular formula is C21H22N6O2. The van der Waals surface area contributed by atoms with Crippen LogP contribution in [0.5, 0.6) is 0 Å². The van der Waals surface area contributed by atoms with Crippen LogP contribution in [-0.2, 0) is 0 Å². The first-order chi connectivity index (χ1) is 13.8. The van der Waals surface area contributed by atoms with Crippen molar-refractivity contribution in [1.29, 1.82) is 0 Å². The molecule has 4 aromatic rings. The summed E-state index contributed by atoms with van der Waals surface area (Å²) in [7, 11) is 0. The van der Waals surface area contributed by atoms with Gasteiger partial charge in [-0.05, 0) is 44.0 Å². The number of anilines is 1. The number of nitrogens with zero attached hydrogens (tertiary/aromatic N) is 4. The van der Waals surface area contributed by atoms with Crippen LogP contribution in [-0.4, -0.2) is 30.6 Å². The van der Waals surface area contributed by atoms with Crippen molar-refractivity contribution in [3.8, 4) is 0 Å². The first-order valence-electron chi connectivity index (χ1n) is 9.52. The number of carbonyl (C=O) groups excluding carboxylic acids is 1. The summed E-state index contributed by atoms with van der Waals surface area (Å²) in [4.78, 5) is 36.5. The van der Waals surface area contributed by atoms with E-state index in [1.807, 2.05) is 38.4 Å². The minimum Gasteiger partial charge on any atom is -0.322 e. The van der Waals surface area contributed by atoms with Gasteiger partial charge in [-0.2, -0.15) is 5.10 Å². The van der Waals surface area contributed by atoms with E-state index in [1.165, 1.54) is 6.33 Å². The largest absolute Gasteiger partial charge is 0.322 e. The number of fused-ring (bicyclic) bond motifs is 2. The smallest absolute Gasteiger partial charge is 0.258 e. The van der Waals surface area contributed by atoms with Crippen molar-refractivity contribution in [2.75, 3.05) is 5.32 Å². The molecule has 0 fully saturated rings. The van der Waals surface area contributed by atoms with Crippen molar-refractivity contribution in [3.63, 3.8) is 0 Å². The monoisotopic (exact) mass is 390 g/mol. The molecule has 0 bridgehead atoms. The highest BCUT2D eigenvalue weighted by Crippen LogP contribution is 2.25. The molecule has 0 radical (unpaired) electrons. The van der Waals surface area contributed by atoms with Crippen LogP contribution < -0.4 is 10.9 Å². The molecule has 8 nitrogen and oxygen atoms in total. The van der Waals surface area contributed by atoms with Crippen LogP contribution in [0.3, 0.4) is 0 Å². The van der Waals surface area contributed by atoms with Gasteiger partial charge in [0.15, 0.2) is 5.65 Å². The molecule has 148 valence electrons. The molecule has 1 amide bonds. The van der Waals surface area contributed by atoms with Gasteiger partial charge in [-0.25, -0.2) is 14.6 Å². The average Bonchev–Trinajstić information content (AvgIpc) is 3.12. The van der Waals surface area contributed by atoms with E-state index in [1.54, 1.807) is 24.4 Å². The Balaban J connectivity index is 1.79. The summed E-state index contributed by atoms with van der Waals surface area (Å²) in [6.07, 6.45) is 3.03. The highest BCUT2D eigenvalue weighted by molar-refractivity contribution is 6.12. The molecule has 8 heteroatoms. The zero-order chi connectivity index (χ0) is 20.7. The van der Waals surface area contributed by atoms with Gasteiger partial charge in [0.05, 0.1) is 34.4 Å². The molecular weight excluding hydrogens is 368 g/mol. The van der Waals surface area contributed by atoms with E-state index in [0.717, 1.165) is 5.69 Å². The van der Waals surface area contributed by atoms with Gasteiger partial charge >= 0.3 is 0 Å². The minimum atomic E-state index is -0.276. The number of hydrogen-bond donors (Lipinski definition) is 2. The third kappa shape index (κ3) is 3.37. The lowest BCUT2D eigenvalue weighted by atomic mass is 10.0. The third-order valence-electron chi connectivity index (χ3n) is 4.81. The minimum absolute atomic E-state index is 0.123. The number of nitrogens with one attached hydrogen (secondary N) is 2. The van der Waals surface area contributed by atoms with Crippen LogP contribution >= 0.6 is 0 Å². The Kier molecular flexibility index (Phi) is 4.62. The Bertz CT molecular complexity index is 1290. The number of hydrogen-bond acceptors (Lipinski definition) is 5. The standard InChI is InChI=1S/C21H22N6O2/c1-11(2)18-8-14(16-9-24-27(12(3)4)19(16)26-18)21(29)25-13-5-6-17-15(7-13)20(28)23-10-22-17/h5-12H,1-4H3,(H,25,29)(H,22,23,28). The SMILES string of the molecule is CC(C)c1cc(C(=O)Nc2ccc3nc[nH]c(=O)c3c2)c2cnn(C(C)C)c2n1. The predicted octanol–water partition coefficient (Wildman–Crippen LogP) is 3.62. The summed E-state index contributed by atoms with van der Waals surface area (Å²) in [5.74, 6) is -0.117. The van der Waals surface area contributed by atoms with Crippen LogP contribution in [0, 0.1) is 0 Å². The Morgan fingerprint density at radius 2 is 1.93 bits per heavy atom. The van der Waals surface area contributed by atoms with E-state index < -0.39 is 0 Å². The topological polar surface area (TPSA) is 106 Å². The van der Waals surface area contributed by atoms with Crippen LogP contribution in [0.15, 0.2) is 41.6 Å². The zero-order valence-corrected chi connectivity index (χ0v) is 16.7. The maximum atomic E-state index is 13.1. The number of benzene rings is 1. The van der Waals surface area contributed by atoms with E-state index in [-0.39, 0.29) is 23.4 Å². The van der Waals surface area contributed by atoms with Crippen molar-refractivity contribution in [2.45, 2.75) is 39.7 Å². The molecule has 0 aliphatic rings. The molecule has 1 aromatic carbocycles. The summed E-state index contributed by atoms with van der Waals surface area (Å²) in [6.45, 7) is 8.12. The van der Waals surface area contributed by atoms with Crippen molar-refractivity contribution < 1.29 is 4.79 Å². The molecule has 0 saturated heterocycles. The average molecular weight is 390 g/mol. The van der Waals surface area contributed by atoms with Gasteiger partial charge < -0.3 is 10.3 Å². The number of amides is 1. The molecule has 4 rings (SSSR count). The fraction of sp³-hybridized carbons (Fsp3) is 0.286. The highest BCUT2D eigenvalue weighted by Gasteiger charge is 2.19. The van der Waals surface area contributed by atoms with E-state index >= 15 is 0 Å². The van der Waals surface area contributed by atoms with Gasteiger partial charge in [-0.1, -0.05) is 13.8 Å². The molecule has 2 N–H and O–H groups in total. The molecule has 0 saturated carbocycles. The summed E-state index contributed by atoms with van der Waals surface area (Å²) >= 11 is 0. The van der Waals surface area contributed by atoms with Crippen molar-refractivity contribution >= 4 is 33.5 Å². The molecule has 3 aromatic heterocycles.